The van der Waals surface area contributed by atoms with E-state index in [1.807, 2.05) is 26.0 Å². The molecule has 1 aromatic rings. The number of carbonyl (C=O) groups is 1. The number of ether oxygens (including phenoxy) is 2. The van der Waals surface area contributed by atoms with Crippen molar-refractivity contribution in [2.75, 3.05) is 25.6 Å². The minimum absolute atomic E-state index is 0.0220. The third-order valence-electron chi connectivity index (χ3n) is 4.00. The average molecular weight is 292 g/mol. The van der Waals surface area contributed by atoms with E-state index >= 15 is 0 Å². The van der Waals surface area contributed by atoms with E-state index < -0.39 is 5.54 Å². The highest BCUT2D eigenvalue weighted by Crippen LogP contribution is 2.31. The number of carbonyl (C=O) groups excluding carboxylic acids is 1. The van der Waals surface area contributed by atoms with Gasteiger partial charge in [-0.2, -0.15) is 0 Å². The van der Waals surface area contributed by atoms with Gasteiger partial charge in [0.2, 0.25) is 5.91 Å². The minimum atomic E-state index is -0.439. The number of amides is 1. The van der Waals surface area contributed by atoms with Crippen molar-refractivity contribution in [3.8, 4) is 11.5 Å². The van der Waals surface area contributed by atoms with Crippen LogP contribution in [-0.2, 0) is 4.79 Å². The lowest BCUT2D eigenvalue weighted by Gasteiger charge is -2.26. The number of rotatable bonds is 6. The molecule has 2 rings (SSSR count). The summed E-state index contributed by atoms with van der Waals surface area (Å²) in [6.45, 7) is 5.43. The first-order valence-corrected chi connectivity index (χ1v) is 7.52. The molecular weight excluding hydrogens is 268 g/mol. The van der Waals surface area contributed by atoms with Crippen LogP contribution in [0.4, 0.5) is 5.69 Å². The fraction of sp³-hybridized carbons (Fsp3) is 0.562. The van der Waals surface area contributed by atoms with Crippen LogP contribution in [0.1, 0.15) is 33.1 Å². The number of hydrogen-bond donors (Lipinski definition) is 2. The van der Waals surface area contributed by atoms with Crippen LogP contribution >= 0.6 is 0 Å². The zero-order valence-corrected chi connectivity index (χ0v) is 13.0. The number of nitrogens with one attached hydrogen (secondary N) is 2. The van der Waals surface area contributed by atoms with Gasteiger partial charge in [0, 0.05) is 11.8 Å². The lowest BCUT2D eigenvalue weighted by molar-refractivity contribution is -0.122. The summed E-state index contributed by atoms with van der Waals surface area (Å²) in [6.07, 6.45) is 2.70. The third kappa shape index (κ3) is 3.29. The summed E-state index contributed by atoms with van der Waals surface area (Å²) < 4.78 is 10.8. The number of benzene rings is 1. The summed E-state index contributed by atoms with van der Waals surface area (Å²) >= 11 is 0. The largest absolute Gasteiger partial charge is 0.493 e. The molecule has 1 aliphatic rings. The van der Waals surface area contributed by atoms with E-state index in [-0.39, 0.29) is 5.91 Å². The quantitative estimate of drug-likeness (QED) is 0.846. The molecule has 5 heteroatoms. The van der Waals surface area contributed by atoms with Gasteiger partial charge < -0.3 is 20.1 Å². The Morgan fingerprint density at radius 2 is 2.19 bits per heavy atom. The fourth-order valence-electron chi connectivity index (χ4n) is 2.73. The molecule has 1 amide bonds. The SMILES string of the molecule is CCOc1ccc(NC(=O)C2(CC)CCCN2)cc1OC. The van der Waals surface area contributed by atoms with Crippen LogP contribution in [-0.4, -0.2) is 31.7 Å². The maximum Gasteiger partial charge on any atom is 0.244 e. The van der Waals surface area contributed by atoms with Gasteiger partial charge in [-0.15, -0.1) is 0 Å². The number of hydrogen-bond acceptors (Lipinski definition) is 4. The number of anilines is 1. The molecule has 0 aliphatic carbocycles. The fourth-order valence-corrected chi connectivity index (χ4v) is 2.73. The van der Waals surface area contributed by atoms with Crippen molar-refractivity contribution in [2.45, 2.75) is 38.6 Å². The molecule has 116 valence electrons. The molecule has 0 radical (unpaired) electrons. The summed E-state index contributed by atoms with van der Waals surface area (Å²) in [5, 5.41) is 6.31. The van der Waals surface area contributed by atoms with Gasteiger partial charge in [0.1, 0.15) is 0 Å². The van der Waals surface area contributed by atoms with Crippen molar-refractivity contribution >= 4 is 11.6 Å². The maximum atomic E-state index is 12.5. The predicted molar refractivity (Wildman–Crippen MR) is 83.1 cm³/mol. The molecule has 1 atom stereocenters. The van der Waals surface area contributed by atoms with Gasteiger partial charge in [-0.1, -0.05) is 6.92 Å². The first-order valence-electron chi connectivity index (χ1n) is 7.52. The molecule has 21 heavy (non-hydrogen) atoms. The van der Waals surface area contributed by atoms with Crippen molar-refractivity contribution in [1.29, 1.82) is 0 Å². The van der Waals surface area contributed by atoms with Gasteiger partial charge in [-0.05, 0) is 44.9 Å². The Kier molecular flexibility index (Phi) is 5.07. The zero-order chi connectivity index (χ0) is 15.3. The standard InChI is InChI=1S/C16H24N2O3/c1-4-16(9-6-10-17-16)15(19)18-12-7-8-13(21-5-2)14(11-12)20-3/h7-8,11,17H,4-6,9-10H2,1-3H3,(H,18,19). The summed E-state index contributed by atoms with van der Waals surface area (Å²) in [4.78, 5) is 12.5. The highest BCUT2D eigenvalue weighted by Gasteiger charge is 2.39. The van der Waals surface area contributed by atoms with Crippen molar-refractivity contribution in [2.24, 2.45) is 0 Å². The Labute approximate surface area is 126 Å². The highest BCUT2D eigenvalue weighted by atomic mass is 16.5. The average Bonchev–Trinajstić information content (AvgIpc) is 2.99. The van der Waals surface area contributed by atoms with Gasteiger partial charge in [-0.25, -0.2) is 0 Å². The van der Waals surface area contributed by atoms with Crippen molar-refractivity contribution in [3.63, 3.8) is 0 Å². The summed E-state index contributed by atoms with van der Waals surface area (Å²) in [6, 6.07) is 5.45. The molecule has 0 bridgehead atoms. The minimum Gasteiger partial charge on any atom is -0.493 e. The summed E-state index contributed by atoms with van der Waals surface area (Å²) in [5.41, 5.74) is 0.285. The smallest absolute Gasteiger partial charge is 0.244 e. The second-order valence-corrected chi connectivity index (χ2v) is 5.22. The maximum absolute atomic E-state index is 12.5. The molecule has 1 saturated heterocycles. The second kappa shape index (κ2) is 6.80. The van der Waals surface area contributed by atoms with E-state index in [4.69, 9.17) is 9.47 Å². The van der Waals surface area contributed by atoms with Gasteiger partial charge >= 0.3 is 0 Å². The molecule has 1 fully saturated rings. The Morgan fingerprint density at radius 3 is 2.76 bits per heavy atom. The van der Waals surface area contributed by atoms with Crippen LogP contribution in [0.2, 0.25) is 0 Å². The van der Waals surface area contributed by atoms with E-state index in [0.717, 1.165) is 31.5 Å². The Balaban J connectivity index is 2.14. The molecule has 0 aromatic heterocycles. The predicted octanol–water partition coefficient (Wildman–Crippen LogP) is 2.56. The van der Waals surface area contributed by atoms with Crippen LogP contribution in [0.5, 0.6) is 11.5 Å². The van der Waals surface area contributed by atoms with Crippen LogP contribution in [0.15, 0.2) is 18.2 Å². The first kappa shape index (κ1) is 15.6. The highest BCUT2D eigenvalue weighted by molar-refractivity contribution is 5.98. The normalized spacial score (nSPS) is 21.1. The van der Waals surface area contributed by atoms with E-state index in [1.165, 1.54) is 0 Å². The summed E-state index contributed by atoms with van der Waals surface area (Å²) in [7, 11) is 1.59. The molecule has 5 nitrogen and oxygen atoms in total. The van der Waals surface area contributed by atoms with Crippen molar-refractivity contribution < 1.29 is 14.3 Å². The first-order chi connectivity index (χ1) is 10.1. The molecule has 0 spiro atoms. The van der Waals surface area contributed by atoms with E-state index in [2.05, 4.69) is 10.6 Å². The molecule has 0 saturated carbocycles. The Bertz CT molecular complexity index is 496. The summed E-state index contributed by atoms with van der Waals surface area (Å²) in [5.74, 6) is 1.33. The van der Waals surface area contributed by atoms with Gasteiger partial charge in [0.15, 0.2) is 11.5 Å². The molecule has 2 N–H and O–H groups in total. The third-order valence-corrected chi connectivity index (χ3v) is 4.00. The molecular formula is C16H24N2O3. The molecule has 1 aromatic carbocycles. The molecule has 1 unspecified atom stereocenters. The van der Waals surface area contributed by atoms with Crippen LogP contribution < -0.4 is 20.1 Å². The molecule has 1 heterocycles. The topological polar surface area (TPSA) is 59.6 Å². The van der Waals surface area contributed by atoms with Gasteiger partial charge in [0.05, 0.1) is 19.3 Å². The van der Waals surface area contributed by atoms with Crippen LogP contribution in [0, 0.1) is 0 Å². The van der Waals surface area contributed by atoms with E-state index in [1.54, 1.807) is 13.2 Å². The van der Waals surface area contributed by atoms with Crippen molar-refractivity contribution in [3.05, 3.63) is 18.2 Å². The zero-order valence-electron chi connectivity index (χ0n) is 13.0. The van der Waals surface area contributed by atoms with E-state index in [0.29, 0.717) is 18.1 Å². The van der Waals surface area contributed by atoms with Crippen LogP contribution in [0.3, 0.4) is 0 Å². The Morgan fingerprint density at radius 1 is 1.38 bits per heavy atom. The Hall–Kier alpha value is -1.75. The lowest BCUT2D eigenvalue weighted by atomic mass is 9.93. The lowest BCUT2D eigenvalue weighted by Crippen LogP contribution is -2.50. The monoisotopic (exact) mass is 292 g/mol. The van der Waals surface area contributed by atoms with Crippen molar-refractivity contribution in [1.82, 2.24) is 5.32 Å². The van der Waals surface area contributed by atoms with E-state index in [9.17, 15) is 4.79 Å². The van der Waals surface area contributed by atoms with Gasteiger partial charge in [-0.3, -0.25) is 4.79 Å². The molecule has 1 aliphatic heterocycles. The van der Waals surface area contributed by atoms with Gasteiger partial charge in [0.25, 0.3) is 0 Å². The number of methoxy groups -OCH3 is 1. The second-order valence-electron chi connectivity index (χ2n) is 5.22. The van der Waals surface area contributed by atoms with Crippen LogP contribution in [0.25, 0.3) is 0 Å².